The lowest BCUT2D eigenvalue weighted by Gasteiger charge is -2.37. The molecule has 1 amide bonds. The number of unbranched alkanes of at least 4 members (excludes halogenated alkanes) is 1. The van der Waals surface area contributed by atoms with Gasteiger partial charge in [-0.15, -0.1) is 0 Å². The number of carbonyl (C=O) groups is 1. The normalized spacial score (nSPS) is 18.6. The van der Waals surface area contributed by atoms with E-state index in [0.717, 1.165) is 34.7 Å². The highest BCUT2D eigenvalue weighted by Crippen LogP contribution is 2.44. The summed E-state index contributed by atoms with van der Waals surface area (Å²) >= 11 is 0. The summed E-state index contributed by atoms with van der Waals surface area (Å²) in [5, 5.41) is 18.2. The lowest BCUT2D eigenvalue weighted by Crippen LogP contribution is -2.41. The first-order valence-corrected chi connectivity index (χ1v) is 13.5. The van der Waals surface area contributed by atoms with Crippen LogP contribution in [0.5, 0.6) is 0 Å². The third-order valence-corrected chi connectivity index (χ3v) is 6.96. The standard InChI is InChI=1S/C20H31F2N3O2.C10H10N2/c1-5-6-7-15-10-14(8-9-20(15,21)22)13-25(18(26)27)17-12-23-16(11-24-17)19(2,3)4;1-3-12-10-5-4-9(7-11)6-8(10)2/h11-12,14-15H,5-10,13H2,1-4H3,(H,26,27);3-6H,1-2H3. The maximum absolute atomic E-state index is 14.2. The first-order chi connectivity index (χ1) is 18.3. The molecule has 1 aliphatic rings. The summed E-state index contributed by atoms with van der Waals surface area (Å²) in [6.45, 7) is 12.0. The number of aliphatic imine (C=N–C) groups is 1. The SMILES string of the molecule is CC=Nc1ccc(C#N)cc1C.CCCCC1CC(CN(C(=O)O)c2cnc(C(C)(C)C)cn2)CCC1(F)F. The van der Waals surface area contributed by atoms with Gasteiger partial charge in [-0.1, -0.05) is 40.5 Å². The summed E-state index contributed by atoms with van der Waals surface area (Å²) in [5.41, 5.74) is 3.24. The number of nitrogens with zero attached hydrogens (tertiary/aromatic N) is 5. The summed E-state index contributed by atoms with van der Waals surface area (Å²) in [6, 6.07) is 7.55. The van der Waals surface area contributed by atoms with Gasteiger partial charge in [0.05, 0.1) is 35.4 Å². The highest BCUT2D eigenvalue weighted by atomic mass is 19.3. The van der Waals surface area contributed by atoms with Crippen LogP contribution in [0.3, 0.4) is 0 Å². The molecular formula is C30H41F2N5O2. The number of hydrogen-bond acceptors (Lipinski definition) is 5. The molecule has 0 radical (unpaired) electrons. The molecule has 9 heteroatoms. The molecule has 1 N–H and O–H groups in total. The number of alkyl halides is 2. The van der Waals surface area contributed by atoms with E-state index in [1.165, 1.54) is 6.20 Å². The van der Waals surface area contributed by atoms with Gasteiger partial charge in [0.25, 0.3) is 5.92 Å². The van der Waals surface area contributed by atoms with E-state index in [-0.39, 0.29) is 30.1 Å². The zero-order valence-corrected chi connectivity index (χ0v) is 23.9. The lowest BCUT2D eigenvalue weighted by molar-refractivity contribution is -0.0998. The largest absolute Gasteiger partial charge is 0.465 e. The highest BCUT2D eigenvalue weighted by molar-refractivity contribution is 5.84. The Morgan fingerprint density at radius 2 is 2.03 bits per heavy atom. The van der Waals surface area contributed by atoms with Crippen molar-refractivity contribution in [3.63, 3.8) is 0 Å². The molecule has 1 heterocycles. The summed E-state index contributed by atoms with van der Waals surface area (Å²) in [4.78, 5) is 25.6. The van der Waals surface area contributed by atoms with Gasteiger partial charge < -0.3 is 5.11 Å². The average Bonchev–Trinajstić information content (AvgIpc) is 2.88. The molecule has 1 aliphatic carbocycles. The second-order valence-electron chi connectivity index (χ2n) is 11.1. The number of rotatable bonds is 7. The number of benzene rings is 1. The minimum absolute atomic E-state index is 0.0910. The number of amides is 1. The monoisotopic (exact) mass is 541 g/mol. The smallest absolute Gasteiger partial charge is 0.413 e. The van der Waals surface area contributed by atoms with Crippen molar-refractivity contribution >= 4 is 23.8 Å². The molecule has 0 aliphatic heterocycles. The van der Waals surface area contributed by atoms with E-state index < -0.39 is 17.9 Å². The molecule has 2 unspecified atom stereocenters. The van der Waals surface area contributed by atoms with Crippen LogP contribution in [0, 0.1) is 30.1 Å². The Morgan fingerprint density at radius 1 is 1.31 bits per heavy atom. The predicted molar refractivity (Wildman–Crippen MR) is 151 cm³/mol. The van der Waals surface area contributed by atoms with Crippen molar-refractivity contribution in [2.45, 2.75) is 91.4 Å². The lowest BCUT2D eigenvalue weighted by atomic mass is 9.76. The molecule has 2 atom stereocenters. The quantitative estimate of drug-likeness (QED) is 0.357. The molecule has 1 fully saturated rings. The Balaban J connectivity index is 0.000000370. The third-order valence-electron chi connectivity index (χ3n) is 6.96. The van der Waals surface area contributed by atoms with E-state index in [1.54, 1.807) is 18.5 Å². The zero-order valence-electron chi connectivity index (χ0n) is 23.9. The second-order valence-corrected chi connectivity index (χ2v) is 11.1. The van der Waals surface area contributed by atoms with Crippen molar-refractivity contribution in [1.82, 2.24) is 9.97 Å². The number of aromatic nitrogens is 2. The molecule has 3 rings (SSSR count). The van der Waals surface area contributed by atoms with Gasteiger partial charge in [-0.2, -0.15) is 5.26 Å². The van der Waals surface area contributed by atoms with Crippen molar-refractivity contribution in [1.29, 1.82) is 5.26 Å². The molecule has 1 aromatic carbocycles. The molecule has 0 spiro atoms. The van der Waals surface area contributed by atoms with Crippen LogP contribution < -0.4 is 4.90 Å². The van der Waals surface area contributed by atoms with Gasteiger partial charge in [-0.3, -0.25) is 14.9 Å². The van der Waals surface area contributed by atoms with Gasteiger partial charge in [0.1, 0.15) is 0 Å². The molecule has 7 nitrogen and oxygen atoms in total. The van der Waals surface area contributed by atoms with Crippen molar-refractivity contribution in [2.24, 2.45) is 16.8 Å². The molecule has 39 heavy (non-hydrogen) atoms. The third kappa shape index (κ3) is 9.38. The van der Waals surface area contributed by atoms with E-state index >= 15 is 0 Å². The maximum Gasteiger partial charge on any atom is 0.413 e. The summed E-state index contributed by atoms with van der Waals surface area (Å²) in [7, 11) is 0. The Bertz CT molecular complexity index is 1150. The number of hydrogen-bond donors (Lipinski definition) is 1. The van der Waals surface area contributed by atoms with Gasteiger partial charge in [0.15, 0.2) is 5.82 Å². The van der Waals surface area contributed by atoms with Crippen LogP contribution in [-0.4, -0.2) is 39.8 Å². The first kappa shape index (κ1) is 31.8. The van der Waals surface area contributed by atoms with Crippen molar-refractivity contribution in [3.05, 3.63) is 47.4 Å². The molecule has 2 aromatic rings. The number of carboxylic acid groups (broad SMARTS) is 1. The number of aryl methyl sites for hydroxylation is 1. The number of anilines is 1. The maximum atomic E-state index is 14.2. The molecule has 1 saturated carbocycles. The van der Waals surface area contributed by atoms with E-state index in [0.29, 0.717) is 24.8 Å². The minimum Gasteiger partial charge on any atom is -0.465 e. The van der Waals surface area contributed by atoms with Crippen LogP contribution in [0.25, 0.3) is 0 Å². The molecule has 212 valence electrons. The second kappa shape index (κ2) is 14.1. The summed E-state index contributed by atoms with van der Waals surface area (Å²) in [5.74, 6) is -3.15. The Kier molecular flexibility index (Phi) is 11.5. The number of halogens is 2. The molecule has 0 saturated heterocycles. The van der Waals surface area contributed by atoms with E-state index in [9.17, 15) is 18.7 Å². The van der Waals surface area contributed by atoms with Crippen LogP contribution in [0.1, 0.15) is 90.0 Å². The van der Waals surface area contributed by atoms with Crippen molar-refractivity contribution < 1.29 is 18.7 Å². The fourth-order valence-corrected chi connectivity index (χ4v) is 4.62. The van der Waals surface area contributed by atoms with E-state index in [1.807, 2.05) is 53.7 Å². The van der Waals surface area contributed by atoms with Gasteiger partial charge in [-0.05, 0) is 62.8 Å². The Morgan fingerprint density at radius 3 is 2.54 bits per heavy atom. The fraction of sp³-hybridized carbons (Fsp3) is 0.567. The van der Waals surface area contributed by atoms with Crippen molar-refractivity contribution in [3.8, 4) is 6.07 Å². The van der Waals surface area contributed by atoms with Crippen molar-refractivity contribution in [2.75, 3.05) is 11.4 Å². The molecule has 0 bridgehead atoms. The first-order valence-electron chi connectivity index (χ1n) is 13.5. The van der Waals surface area contributed by atoms with Gasteiger partial charge in [0.2, 0.25) is 0 Å². The average molecular weight is 542 g/mol. The van der Waals surface area contributed by atoms with Crippen LogP contribution in [-0.2, 0) is 5.41 Å². The van der Waals surface area contributed by atoms with Gasteiger partial charge >= 0.3 is 6.09 Å². The topological polar surface area (TPSA) is 102 Å². The zero-order chi connectivity index (χ0) is 29.2. The van der Waals surface area contributed by atoms with Gasteiger partial charge in [-0.25, -0.2) is 18.6 Å². The Labute approximate surface area is 231 Å². The molecular weight excluding hydrogens is 500 g/mol. The van der Waals surface area contributed by atoms with Crippen LogP contribution >= 0.6 is 0 Å². The van der Waals surface area contributed by atoms with E-state index in [4.69, 9.17) is 5.26 Å². The minimum atomic E-state index is -2.64. The summed E-state index contributed by atoms with van der Waals surface area (Å²) < 4.78 is 28.4. The fourth-order valence-electron chi connectivity index (χ4n) is 4.62. The Hall–Kier alpha value is -3.41. The van der Waals surface area contributed by atoms with Gasteiger partial charge in [0, 0.05) is 30.5 Å². The predicted octanol–water partition coefficient (Wildman–Crippen LogP) is 8.09. The van der Waals surface area contributed by atoms with Crippen LogP contribution in [0.4, 0.5) is 25.1 Å². The van der Waals surface area contributed by atoms with Crippen LogP contribution in [0.2, 0.25) is 0 Å². The summed E-state index contributed by atoms with van der Waals surface area (Å²) in [6.07, 6.45) is 6.32. The number of nitriles is 1. The highest BCUT2D eigenvalue weighted by Gasteiger charge is 2.44. The van der Waals surface area contributed by atoms with E-state index in [2.05, 4.69) is 21.0 Å². The molecule has 1 aromatic heterocycles. The van der Waals surface area contributed by atoms with Crippen LogP contribution in [0.15, 0.2) is 35.6 Å².